The molecule has 0 radical (unpaired) electrons. The maximum absolute atomic E-state index is 13.5. The number of H-pyrrole nitrogens is 1. The zero-order valence-electron chi connectivity index (χ0n) is 22.0. The second-order valence-corrected chi connectivity index (χ2v) is 10.6. The van der Waals surface area contributed by atoms with Gasteiger partial charge in [0, 0.05) is 48.0 Å². The smallest absolute Gasteiger partial charge is 0.253 e. The molecule has 0 saturated carbocycles. The van der Waals surface area contributed by atoms with Crippen LogP contribution >= 0.6 is 11.6 Å². The summed E-state index contributed by atoms with van der Waals surface area (Å²) in [6.45, 7) is 7.74. The Morgan fingerprint density at radius 3 is 2.54 bits per heavy atom. The number of piperazine rings is 1. The predicted molar refractivity (Wildman–Crippen MR) is 154 cm³/mol. The number of nitrogens with zero attached hydrogens (tertiary/aromatic N) is 6. The Morgan fingerprint density at radius 1 is 0.949 bits per heavy atom. The lowest BCUT2D eigenvalue weighted by Gasteiger charge is -2.40. The zero-order valence-corrected chi connectivity index (χ0v) is 22.8. The van der Waals surface area contributed by atoms with Gasteiger partial charge >= 0.3 is 0 Å². The highest BCUT2D eigenvalue weighted by Gasteiger charge is 2.33. The van der Waals surface area contributed by atoms with Crippen LogP contribution in [-0.2, 0) is 6.54 Å². The fourth-order valence-electron chi connectivity index (χ4n) is 5.47. The van der Waals surface area contributed by atoms with Crippen molar-refractivity contribution in [3.8, 4) is 0 Å². The van der Waals surface area contributed by atoms with Crippen LogP contribution in [0.4, 0.5) is 5.69 Å². The number of aromatic nitrogens is 5. The number of tetrazole rings is 1. The summed E-state index contributed by atoms with van der Waals surface area (Å²) in [5.41, 5.74) is 5.90. The molecular formula is C30H30ClN7O. The molecule has 6 rings (SSSR count). The van der Waals surface area contributed by atoms with Gasteiger partial charge in [0.2, 0.25) is 0 Å². The molecule has 0 bridgehead atoms. The minimum Gasteiger partial charge on any atom is -0.369 e. The first-order valence-electron chi connectivity index (χ1n) is 13.1. The molecular weight excluding hydrogens is 510 g/mol. The SMILES string of the molecule is Cc1ccc2[nH]c(=O)c([C@@H](c3nnnn3Cc3ccccc3)N3CCN(c4cc(Cl)ccc4C)CC3)cc2c1. The van der Waals surface area contributed by atoms with Crippen LogP contribution < -0.4 is 10.5 Å². The second kappa shape index (κ2) is 10.6. The number of hydrogen-bond acceptors (Lipinski definition) is 6. The first-order valence-corrected chi connectivity index (χ1v) is 13.5. The first-order chi connectivity index (χ1) is 19.0. The third-order valence-electron chi connectivity index (χ3n) is 7.49. The second-order valence-electron chi connectivity index (χ2n) is 10.2. The highest BCUT2D eigenvalue weighted by Crippen LogP contribution is 2.31. The van der Waals surface area contributed by atoms with Crippen LogP contribution in [0.3, 0.4) is 0 Å². The molecule has 8 nitrogen and oxygen atoms in total. The van der Waals surface area contributed by atoms with E-state index in [1.54, 1.807) is 0 Å². The Labute approximate surface area is 231 Å². The van der Waals surface area contributed by atoms with Crippen molar-refractivity contribution in [3.63, 3.8) is 0 Å². The van der Waals surface area contributed by atoms with Gasteiger partial charge < -0.3 is 9.88 Å². The summed E-state index contributed by atoms with van der Waals surface area (Å²) in [5.74, 6) is 0.656. The van der Waals surface area contributed by atoms with Crippen LogP contribution in [0.2, 0.25) is 5.02 Å². The van der Waals surface area contributed by atoms with Crippen LogP contribution in [0.5, 0.6) is 0 Å². The normalized spacial score (nSPS) is 15.1. The number of benzene rings is 3. The topological polar surface area (TPSA) is 82.9 Å². The summed E-state index contributed by atoms with van der Waals surface area (Å²) in [5, 5.41) is 14.6. The van der Waals surface area contributed by atoms with Gasteiger partial charge in [0.15, 0.2) is 5.82 Å². The Hall–Kier alpha value is -4.01. The molecule has 1 aliphatic heterocycles. The van der Waals surface area contributed by atoms with Gasteiger partial charge in [-0.05, 0) is 71.1 Å². The van der Waals surface area contributed by atoms with E-state index < -0.39 is 6.04 Å². The summed E-state index contributed by atoms with van der Waals surface area (Å²) < 4.78 is 1.81. The zero-order chi connectivity index (χ0) is 26.9. The molecule has 9 heteroatoms. The van der Waals surface area contributed by atoms with Crippen molar-refractivity contribution in [1.82, 2.24) is 30.1 Å². The summed E-state index contributed by atoms with van der Waals surface area (Å²) in [7, 11) is 0. The lowest BCUT2D eigenvalue weighted by molar-refractivity contribution is 0.200. The number of halogens is 1. The number of aromatic amines is 1. The van der Waals surface area contributed by atoms with E-state index in [0.717, 1.165) is 58.9 Å². The van der Waals surface area contributed by atoms with Gasteiger partial charge in [0.1, 0.15) is 6.04 Å². The van der Waals surface area contributed by atoms with Crippen molar-refractivity contribution >= 4 is 28.2 Å². The standard InChI is InChI=1S/C30H30ClN7O/c1-20-8-11-26-23(16-20)17-25(30(39)32-26)28(29-33-34-35-38(29)19-22-6-4-3-5-7-22)37-14-12-36(13-15-37)27-18-24(31)10-9-21(27)2/h3-11,16-18,28H,12-15,19H2,1-2H3,(H,32,39)/t28-/m0/s1. The van der Waals surface area contributed by atoms with Gasteiger partial charge in [-0.1, -0.05) is 59.6 Å². The summed E-state index contributed by atoms with van der Waals surface area (Å²) >= 11 is 6.32. The van der Waals surface area contributed by atoms with Gasteiger partial charge in [0.25, 0.3) is 5.56 Å². The van der Waals surface area contributed by atoms with Crippen molar-refractivity contribution in [2.75, 3.05) is 31.1 Å². The van der Waals surface area contributed by atoms with Crippen molar-refractivity contribution in [1.29, 1.82) is 0 Å². The molecule has 1 fully saturated rings. The van der Waals surface area contributed by atoms with E-state index in [1.807, 2.05) is 53.2 Å². The van der Waals surface area contributed by atoms with E-state index in [1.165, 1.54) is 5.56 Å². The number of rotatable bonds is 6. The molecule has 3 heterocycles. The molecule has 5 aromatic rings. The van der Waals surface area contributed by atoms with Gasteiger partial charge in [-0.25, -0.2) is 4.68 Å². The van der Waals surface area contributed by atoms with Gasteiger partial charge in [-0.15, -0.1) is 5.10 Å². The minimum absolute atomic E-state index is 0.126. The van der Waals surface area contributed by atoms with Crippen LogP contribution in [0.15, 0.2) is 77.6 Å². The molecule has 0 spiro atoms. The van der Waals surface area contributed by atoms with E-state index >= 15 is 0 Å². The van der Waals surface area contributed by atoms with Crippen molar-refractivity contribution in [2.45, 2.75) is 26.4 Å². The van der Waals surface area contributed by atoms with E-state index in [2.05, 4.69) is 68.4 Å². The summed E-state index contributed by atoms with van der Waals surface area (Å²) in [4.78, 5) is 21.3. The van der Waals surface area contributed by atoms with E-state index in [0.29, 0.717) is 17.9 Å². The molecule has 39 heavy (non-hydrogen) atoms. The molecule has 198 valence electrons. The number of anilines is 1. The monoisotopic (exact) mass is 539 g/mol. The van der Waals surface area contributed by atoms with E-state index in [-0.39, 0.29) is 5.56 Å². The lowest BCUT2D eigenvalue weighted by atomic mass is 10.0. The third-order valence-corrected chi connectivity index (χ3v) is 7.73. The van der Waals surface area contributed by atoms with Crippen LogP contribution in [-0.4, -0.2) is 56.3 Å². The Balaban J connectivity index is 1.39. The van der Waals surface area contributed by atoms with E-state index in [9.17, 15) is 4.79 Å². The van der Waals surface area contributed by atoms with Gasteiger partial charge in [0.05, 0.1) is 6.54 Å². The molecule has 0 amide bonds. The molecule has 0 unspecified atom stereocenters. The molecule has 1 aliphatic rings. The number of fused-ring (bicyclic) bond motifs is 1. The number of aryl methyl sites for hydroxylation is 2. The summed E-state index contributed by atoms with van der Waals surface area (Å²) in [6, 6.07) is 23.8. The third kappa shape index (κ3) is 5.17. The van der Waals surface area contributed by atoms with Crippen LogP contribution in [0.1, 0.15) is 34.1 Å². The van der Waals surface area contributed by atoms with Crippen LogP contribution in [0.25, 0.3) is 10.9 Å². The maximum Gasteiger partial charge on any atom is 0.253 e. The Morgan fingerprint density at radius 2 is 1.74 bits per heavy atom. The fourth-order valence-corrected chi connectivity index (χ4v) is 5.63. The van der Waals surface area contributed by atoms with Gasteiger partial charge in [-0.3, -0.25) is 9.69 Å². The van der Waals surface area contributed by atoms with E-state index in [4.69, 9.17) is 11.6 Å². The quantitative estimate of drug-likeness (QED) is 0.335. The molecule has 1 saturated heterocycles. The number of nitrogens with one attached hydrogen (secondary N) is 1. The molecule has 2 aromatic heterocycles. The van der Waals surface area contributed by atoms with Gasteiger partial charge in [-0.2, -0.15) is 0 Å². The number of hydrogen-bond donors (Lipinski definition) is 1. The average molecular weight is 540 g/mol. The maximum atomic E-state index is 13.5. The van der Waals surface area contributed by atoms with Crippen molar-refractivity contribution < 1.29 is 0 Å². The molecule has 0 aliphatic carbocycles. The molecule has 1 atom stereocenters. The lowest BCUT2D eigenvalue weighted by Crippen LogP contribution is -2.49. The minimum atomic E-state index is -0.403. The first kappa shape index (κ1) is 25.3. The van der Waals surface area contributed by atoms with Crippen molar-refractivity contribution in [3.05, 3.63) is 116 Å². The Kier molecular flexibility index (Phi) is 6.89. The van der Waals surface area contributed by atoms with Crippen LogP contribution in [0, 0.1) is 13.8 Å². The van der Waals surface area contributed by atoms with Crippen molar-refractivity contribution in [2.24, 2.45) is 0 Å². The highest BCUT2D eigenvalue weighted by molar-refractivity contribution is 6.30. The fraction of sp³-hybridized carbons (Fsp3) is 0.267. The molecule has 3 aromatic carbocycles. The number of pyridine rings is 1. The summed E-state index contributed by atoms with van der Waals surface area (Å²) in [6.07, 6.45) is 0. The average Bonchev–Trinajstić information content (AvgIpc) is 3.39. The largest absolute Gasteiger partial charge is 0.369 e. The predicted octanol–water partition coefficient (Wildman–Crippen LogP) is 4.74. The molecule has 1 N–H and O–H groups in total. The Bertz CT molecular complexity index is 1670. The highest BCUT2D eigenvalue weighted by atomic mass is 35.5.